The largest absolute Gasteiger partial charge is 0.478 e. The Balaban J connectivity index is 2.72. The number of ether oxygens (including phenoxy) is 1. The lowest BCUT2D eigenvalue weighted by Crippen LogP contribution is -2.44. The Hall–Kier alpha value is -1.56. The molecule has 1 aromatic rings. The monoisotopic (exact) mass is 324 g/mol. The fourth-order valence-corrected chi connectivity index (χ4v) is 2.33. The van der Waals surface area contributed by atoms with Crippen molar-refractivity contribution >= 4 is 5.91 Å². The summed E-state index contributed by atoms with van der Waals surface area (Å²) in [7, 11) is 0. The third-order valence-corrected chi connectivity index (χ3v) is 3.12. The topological polar surface area (TPSA) is 68.2 Å². The highest BCUT2D eigenvalue weighted by Gasteiger charge is 2.18. The molecule has 0 fully saturated rings. The van der Waals surface area contributed by atoms with E-state index in [0.717, 1.165) is 23.7 Å². The first-order valence-corrected chi connectivity index (χ1v) is 8.34. The lowest BCUT2D eigenvalue weighted by atomic mass is 10.1. The first-order valence-electron chi connectivity index (χ1n) is 8.34. The minimum absolute atomic E-state index is 0.0114. The van der Waals surface area contributed by atoms with Crippen molar-refractivity contribution in [2.75, 3.05) is 13.2 Å². The van der Waals surface area contributed by atoms with Crippen LogP contribution in [0.25, 0.3) is 0 Å². The summed E-state index contributed by atoms with van der Waals surface area (Å²) in [6, 6.07) is 0. The van der Waals surface area contributed by atoms with Crippen molar-refractivity contribution in [3.63, 3.8) is 0 Å². The molecule has 6 nitrogen and oxygen atoms in total. The average Bonchev–Trinajstić information content (AvgIpc) is 2.64. The molecular formula is C17H32N4O2. The van der Waals surface area contributed by atoms with Gasteiger partial charge >= 0.3 is 0 Å². The Morgan fingerprint density at radius 3 is 2.52 bits per heavy atom. The van der Waals surface area contributed by atoms with Gasteiger partial charge in [0.05, 0.1) is 24.4 Å². The molecule has 1 heterocycles. The molecule has 2 N–H and O–H groups in total. The third kappa shape index (κ3) is 6.60. The SMILES string of the molecule is CCOc1c(CNCC(=O)NC(C)(C)C)c(C)nn1CC(C)C. The Morgan fingerprint density at radius 1 is 1.35 bits per heavy atom. The third-order valence-electron chi connectivity index (χ3n) is 3.12. The molecular weight excluding hydrogens is 292 g/mol. The van der Waals surface area contributed by atoms with E-state index in [-0.39, 0.29) is 18.0 Å². The van der Waals surface area contributed by atoms with Crippen LogP contribution in [0.5, 0.6) is 5.88 Å². The second kappa shape index (κ2) is 8.34. The summed E-state index contributed by atoms with van der Waals surface area (Å²) >= 11 is 0. The van der Waals surface area contributed by atoms with E-state index in [2.05, 4.69) is 29.6 Å². The van der Waals surface area contributed by atoms with Gasteiger partial charge in [-0.2, -0.15) is 5.10 Å². The highest BCUT2D eigenvalue weighted by molar-refractivity contribution is 5.78. The Kier molecular flexibility index (Phi) is 7.06. The minimum Gasteiger partial charge on any atom is -0.478 e. The molecule has 6 heteroatoms. The van der Waals surface area contributed by atoms with Crippen LogP contribution in [-0.2, 0) is 17.9 Å². The van der Waals surface area contributed by atoms with Crippen molar-refractivity contribution in [1.29, 1.82) is 0 Å². The molecule has 23 heavy (non-hydrogen) atoms. The summed E-state index contributed by atoms with van der Waals surface area (Å²) in [5.41, 5.74) is 1.75. The highest BCUT2D eigenvalue weighted by Crippen LogP contribution is 2.23. The second-order valence-electron chi connectivity index (χ2n) is 7.28. The zero-order valence-corrected chi connectivity index (χ0v) is 15.6. The van der Waals surface area contributed by atoms with Gasteiger partial charge in [-0.25, -0.2) is 4.68 Å². The molecule has 0 atom stereocenters. The van der Waals surface area contributed by atoms with Gasteiger partial charge in [0.2, 0.25) is 11.8 Å². The fourth-order valence-electron chi connectivity index (χ4n) is 2.33. The molecule has 0 saturated heterocycles. The van der Waals surface area contributed by atoms with E-state index < -0.39 is 0 Å². The van der Waals surface area contributed by atoms with Crippen molar-refractivity contribution in [2.24, 2.45) is 5.92 Å². The zero-order valence-electron chi connectivity index (χ0n) is 15.6. The molecule has 1 rings (SSSR count). The number of amides is 1. The smallest absolute Gasteiger partial charge is 0.234 e. The van der Waals surface area contributed by atoms with Crippen LogP contribution in [0.3, 0.4) is 0 Å². The maximum Gasteiger partial charge on any atom is 0.234 e. The van der Waals surface area contributed by atoms with Crippen LogP contribution in [0, 0.1) is 12.8 Å². The van der Waals surface area contributed by atoms with Crippen LogP contribution < -0.4 is 15.4 Å². The Labute approximate surface area is 140 Å². The van der Waals surface area contributed by atoms with E-state index in [1.807, 2.05) is 39.3 Å². The van der Waals surface area contributed by atoms with Gasteiger partial charge in [-0.1, -0.05) is 13.8 Å². The summed E-state index contributed by atoms with van der Waals surface area (Å²) < 4.78 is 7.71. The van der Waals surface area contributed by atoms with Gasteiger partial charge in [-0.05, 0) is 40.5 Å². The van der Waals surface area contributed by atoms with Gasteiger partial charge in [0, 0.05) is 18.6 Å². The fraction of sp³-hybridized carbons (Fsp3) is 0.765. The molecule has 0 unspecified atom stereocenters. The van der Waals surface area contributed by atoms with Gasteiger partial charge in [-0.15, -0.1) is 0 Å². The van der Waals surface area contributed by atoms with E-state index in [1.54, 1.807) is 0 Å². The van der Waals surface area contributed by atoms with Crippen LogP contribution in [-0.4, -0.2) is 34.4 Å². The van der Waals surface area contributed by atoms with Gasteiger partial charge in [0.15, 0.2) is 0 Å². The van der Waals surface area contributed by atoms with Gasteiger partial charge in [0.1, 0.15) is 0 Å². The molecule has 1 aromatic heterocycles. The van der Waals surface area contributed by atoms with Gasteiger partial charge < -0.3 is 15.4 Å². The van der Waals surface area contributed by atoms with E-state index in [9.17, 15) is 4.79 Å². The van der Waals surface area contributed by atoms with Crippen molar-refractivity contribution in [3.05, 3.63) is 11.3 Å². The van der Waals surface area contributed by atoms with E-state index in [4.69, 9.17) is 4.74 Å². The number of carbonyl (C=O) groups is 1. The van der Waals surface area contributed by atoms with Gasteiger partial charge in [0.25, 0.3) is 0 Å². The predicted molar refractivity (Wildman–Crippen MR) is 92.6 cm³/mol. The first-order chi connectivity index (χ1) is 10.6. The second-order valence-corrected chi connectivity index (χ2v) is 7.28. The zero-order chi connectivity index (χ0) is 17.6. The Morgan fingerprint density at radius 2 is 2.00 bits per heavy atom. The lowest BCUT2D eigenvalue weighted by Gasteiger charge is -2.20. The predicted octanol–water partition coefficient (Wildman–Crippen LogP) is 2.25. The van der Waals surface area contributed by atoms with Crippen molar-refractivity contribution in [1.82, 2.24) is 20.4 Å². The number of nitrogens with one attached hydrogen (secondary N) is 2. The number of hydrogen-bond donors (Lipinski definition) is 2. The maximum atomic E-state index is 11.9. The van der Waals surface area contributed by atoms with Crippen LogP contribution in [0.15, 0.2) is 0 Å². The molecule has 132 valence electrons. The summed E-state index contributed by atoms with van der Waals surface area (Å²) in [5, 5.41) is 10.7. The van der Waals surface area contributed by atoms with Crippen LogP contribution in [0.4, 0.5) is 0 Å². The van der Waals surface area contributed by atoms with Crippen LogP contribution in [0.2, 0.25) is 0 Å². The summed E-state index contributed by atoms with van der Waals surface area (Å²) in [4.78, 5) is 11.9. The average molecular weight is 324 g/mol. The van der Waals surface area contributed by atoms with Crippen molar-refractivity contribution in [3.8, 4) is 5.88 Å². The normalized spacial score (nSPS) is 11.8. The van der Waals surface area contributed by atoms with Gasteiger partial charge in [-0.3, -0.25) is 4.79 Å². The van der Waals surface area contributed by atoms with E-state index in [1.165, 1.54) is 0 Å². The number of nitrogens with zero attached hydrogens (tertiary/aromatic N) is 2. The highest BCUT2D eigenvalue weighted by atomic mass is 16.5. The molecule has 0 aromatic carbocycles. The summed E-state index contributed by atoms with van der Waals surface area (Å²) in [6.07, 6.45) is 0. The number of carbonyl (C=O) groups excluding carboxylic acids is 1. The molecule has 0 spiro atoms. The molecule has 0 aliphatic carbocycles. The van der Waals surface area contributed by atoms with E-state index in [0.29, 0.717) is 19.1 Å². The number of hydrogen-bond acceptors (Lipinski definition) is 4. The quantitative estimate of drug-likeness (QED) is 0.769. The number of aryl methyl sites for hydroxylation is 1. The first kappa shape index (κ1) is 19.5. The summed E-state index contributed by atoms with van der Waals surface area (Å²) in [5.74, 6) is 1.29. The van der Waals surface area contributed by atoms with E-state index >= 15 is 0 Å². The standard InChI is InChI=1S/C17H32N4O2/c1-8-23-16-14(13(4)20-21(16)11-12(2)3)9-18-10-15(22)19-17(5,6)7/h12,18H,8-11H2,1-7H3,(H,19,22). The van der Waals surface area contributed by atoms with Crippen molar-refractivity contribution < 1.29 is 9.53 Å². The molecule has 0 saturated carbocycles. The molecule has 0 radical (unpaired) electrons. The number of rotatable bonds is 8. The molecule has 0 bridgehead atoms. The Bertz CT molecular complexity index is 515. The minimum atomic E-state index is -0.215. The molecule has 0 aliphatic rings. The molecule has 0 aliphatic heterocycles. The lowest BCUT2D eigenvalue weighted by molar-refractivity contribution is -0.121. The molecule has 1 amide bonds. The summed E-state index contributed by atoms with van der Waals surface area (Å²) in [6.45, 7) is 16.4. The van der Waals surface area contributed by atoms with Crippen molar-refractivity contribution in [2.45, 2.75) is 67.1 Å². The van der Waals surface area contributed by atoms with Crippen LogP contribution in [0.1, 0.15) is 52.8 Å². The maximum absolute atomic E-state index is 11.9. The van der Waals surface area contributed by atoms with Crippen LogP contribution >= 0.6 is 0 Å². The number of aromatic nitrogens is 2.